The highest BCUT2D eigenvalue weighted by molar-refractivity contribution is 7.13. The number of carbonyl (C=O) groups is 1. The smallest absolute Gasteiger partial charge is 0.197 e. The van der Waals surface area contributed by atoms with Crippen LogP contribution in [0, 0.1) is 6.92 Å². The number of methoxy groups -OCH3 is 1. The molecule has 3 heterocycles. The van der Waals surface area contributed by atoms with E-state index in [0.29, 0.717) is 28.3 Å². The second-order valence-electron chi connectivity index (χ2n) is 7.69. The Morgan fingerprint density at radius 2 is 1.97 bits per heavy atom. The molecule has 0 atom stereocenters. The molecule has 0 amide bonds. The second-order valence-corrected chi connectivity index (χ2v) is 8.99. The summed E-state index contributed by atoms with van der Waals surface area (Å²) in [5, 5.41) is 4.43. The van der Waals surface area contributed by atoms with Crippen LogP contribution in [-0.4, -0.2) is 27.8 Å². The second kappa shape index (κ2) is 8.81. The molecule has 3 aromatic heterocycles. The van der Waals surface area contributed by atoms with Gasteiger partial charge in [-0.2, -0.15) is 0 Å². The van der Waals surface area contributed by atoms with Gasteiger partial charge in [-0.25, -0.2) is 4.98 Å². The van der Waals surface area contributed by atoms with Crippen LogP contribution in [0.5, 0.6) is 5.75 Å². The van der Waals surface area contributed by atoms with E-state index in [-0.39, 0.29) is 5.78 Å². The Labute approximate surface area is 200 Å². The molecular weight excluding hydrogens is 454 g/mol. The number of rotatable bonds is 6. The average molecular weight is 474 g/mol. The van der Waals surface area contributed by atoms with Crippen molar-refractivity contribution in [3.05, 3.63) is 99.4 Å². The van der Waals surface area contributed by atoms with Crippen molar-refractivity contribution in [3.63, 3.8) is 0 Å². The van der Waals surface area contributed by atoms with Gasteiger partial charge in [0.2, 0.25) is 0 Å². The molecule has 0 spiro atoms. The lowest BCUT2D eigenvalue weighted by Gasteiger charge is -2.11. The molecule has 0 saturated heterocycles. The zero-order valence-electron chi connectivity index (χ0n) is 18.1. The lowest BCUT2D eigenvalue weighted by molar-refractivity contribution is 0.103. The maximum atomic E-state index is 13.6. The minimum Gasteiger partial charge on any atom is -0.496 e. The van der Waals surface area contributed by atoms with E-state index >= 15 is 0 Å². The number of nitrogens with zero attached hydrogens (tertiary/aromatic N) is 2. The molecule has 33 heavy (non-hydrogen) atoms. The molecule has 1 N–H and O–H groups in total. The van der Waals surface area contributed by atoms with Crippen molar-refractivity contribution in [1.82, 2.24) is 15.0 Å². The summed E-state index contributed by atoms with van der Waals surface area (Å²) in [6, 6.07) is 14.6. The number of benzene rings is 2. The van der Waals surface area contributed by atoms with Gasteiger partial charge in [-0.05, 0) is 61.0 Å². The van der Waals surface area contributed by atoms with Crippen LogP contribution in [-0.2, 0) is 6.42 Å². The van der Waals surface area contributed by atoms with Gasteiger partial charge < -0.3 is 9.72 Å². The van der Waals surface area contributed by atoms with Crippen LogP contribution in [0.4, 0.5) is 0 Å². The number of hydrogen-bond acceptors (Lipinski definition) is 5. The van der Waals surface area contributed by atoms with E-state index in [9.17, 15) is 4.79 Å². The molecule has 0 saturated carbocycles. The van der Waals surface area contributed by atoms with Gasteiger partial charge in [-0.1, -0.05) is 11.6 Å². The predicted molar refractivity (Wildman–Crippen MR) is 133 cm³/mol. The molecule has 5 nitrogen and oxygen atoms in total. The Morgan fingerprint density at radius 1 is 1.15 bits per heavy atom. The van der Waals surface area contributed by atoms with Crippen LogP contribution in [0.3, 0.4) is 0 Å². The summed E-state index contributed by atoms with van der Waals surface area (Å²) in [7, 11) is 1.58. The van der Waals surface area contributed by atoms with Crippen LogP contribution >= 0.6 is 22.9 Å². The number of nitrogens with one attached hydrogen (secondary N) is 1. The first kappa shape index (κ1) is 21.4. The van der Waals surface area contributed by atoms with E-state index in [1.165, 1.54) is 0 Å². The molecule has 7 heteroatoms. The largest absolute Gasteiger partial charge is 0.496 e. The van der Waals surface area contributed by atoms with E-state index in [2.05, 4.69) is 15.3 Å². The van der Waals surface area contributed by atoms with Gasteiger partial charge in [0.25, 0.3) is 0 Å². The molecule has 164 valence electrons. The van der Waals surface area contributed by atoms with Crippen LogP contribution in [0.2, 0.25) is 5.02 Å². The summed E-state index contributed by atoms with van der Waals surface area (Å²) in [6.45, 7) is 2.02. The number of aryl methyl sites for hydroxylation is 1. The Hall–Kier alpha value is -3.48. The first-order valence-corrected chi connectivity index (χ1v) is 11.6. The van der Waals surface area contributed by atoms with E-state index in [4.69, 9.17) is 21.3 Å². The number of fused-ring (bicyclic) bond motifs is 1. The lowest BCUT2D eigenvalue weighted by atomic mass is 9.95. The van der Waals surface area contributed by atoms with Crippen molar-refractivity contribution in [2.75, 3.05) is 7.11 Å². The molecule has 0 aliphatic heterocycles. The highest BCUT2D eigenvalue weighted by Crippen LogP contribution is 2.36. The van der Waals surface area contributed by atoms with E-state index < -0.39 is 0 Å². The van der Waals surface area contributed by atoms with Crippen molar-refractivity contribution < 1.29 is 9.53 Å². The van der Waals surface area contributed by atoms with Crippen molar-refractivity contribution in [2.24, 2.45) is 0 Å². The summed E-state index contributed by atoms with van der Waals surface area (Å²) in [5.74, 6) is 0.431. The molecule has 5 aromatic rings. The third-order valence-electron chi connectivity index (χ3n) is 5.62. The Kier molecular flexibility index (Phi) is 5.70. The number of halogens is 1. The number of thiazole rings is 1. The van der Waals surface area contributed by atoms with E-state index in [0.717, 1.165) is 38.4 Å². The molecule has 5 rings (SSSR count). The highest BCUT2D eigenvalue weighted by atomic mass is 35.5. The topological polar surface area (TPSA) is 67.9 Å². The maximum absolute atomic E-state index is 13.6. The number of carbonyl (C=O) groups excluding carboxylic acids is 1. The number of ether oxygens (including phenoxy) is 1. The summed E-state index contributed by atoms with van der Waals surface area (Å²) in [5.41, 5.74) is 5.95. The Morgan fingerprint density at radius 3 is 2.70 bits per heavy atom. The molecule has 0 aliphatic carbocycles. The van der Waals surface area contributed by atoms with Crippen LogP contribution in [0.15, 0.2) is 66.3 Å². The number of aromatic nitrogens is 3. The first-order valence-electron chi connectivity index (χ1n) is 10.4. The fourth-order valence-electron chi connectivity index (χ4n) is 4.02. The number of hydrogen-bond donors (Lipinski definition) is 1. The number of aromatic amines is 1. The Balaban J connectivity index is 1.61. The third-order valence-corrected chi connectivity index (χ3v) is 6.81. The van der Waals surface area contributed by atoms with E-state index in [1.54, 1.807) is 48.9 Å². The molecule has 0 unspecified atom stereocenters. The van der Waals surface area contributed by atoms with Gasteiger partial charge in [0, 0.05) is 56.9 Å². The standard InChI is InChI=1S/C26H20ClN3O2S/c1-15-20(12-19-14-33-26(30-19)17-4-3-11-28-13-17)23-21(29-15)9-10-22(32-2)24(23)25(31)16-5-7-18(27)8-6-16/h3-11,13-14,29H,12H2,1-2H3. The number of pyridine rings is 1. The predicted octanol–water partition coefficient (Wildman–Crippen LogP) is 6.48. The summed E-state index contributed by atoms with van der Waals surface area (Å²) < 4.78 is 5.61. The van der Waals surface area contributed by atoms with Crippen LogP contribution in [0.1, 0.15) is 32.9 Å². The molecule has 2 aromatic carbocycles. The SMILES string of the molecule is COc1ccc2[nH]c(C)c(Cc3csc(-c4cccnc4)n3)c2c1C(=O)c1ccc(Cl)cc1. The zero-order valence-corrected chi connectivity index (χ0v) is 19.6. The first-order chi connectivity index (χ1) is 16.0. The van der Waals surface area contributed by atoms with Gasteiger partial charge in [-0.15, -0.1) is 11.3 Å². The molecule has 0 radical (unpaired) electrons. The average Bonchev–Trinajstić information content (AvgIpc) is 3.44. The minimum atomic E-state index is -0.108. The fourth-order valence-corrected chi connectivity index (χ4v) is 4.96. The molecule has 0 fully saturated rings. The number of H-pyrrole nitrogens is 1. The normalized spacial score (nSPS) is 11.1. The van der Waals surface area contributed by atoms with Crippen LogP contribution < -0.4 is 4.74 Å². The van der Waals surface area contributed by atoms with Crippen molar-refractivity contribution >= 4 is 39.6 Å². The van der Waals surface area contributed by atoms with Crippen molar-refractivity contribution in [1.29, 1.82) is 0 Å². The minimum absolute atomic E-state index is 0.108. The monoisotopic (exact) mass is 473 g/mol. The van der Waals surface area contributed by atoms with Crippen molar-refractivity contribution in [2.45, 2.75) is 13.3 Å². The summed E-state index contributed by atoms with van der Waals surface area (Å²) in [4.78, 5) is 26.0. The lowest BCUT2D eigenvalue weighted by Crippen LogP contribution is -2.06. The zero-order chi connectivity index (χ0) is 22.9. The van der Waals surface area contributed by atoms with Crippen molar-refractivity contribution in [3.8, 4) is 16.3 Å². The molecule has 0 aliphatic rings. The van der Waals surface area contributed by atoms with Gasteiger partial charge in [0.05, 0.1) is 18.4 Å². The maximum Gasteiger partial charge on any atom is 0.197 e. The van der Waals surface area contributed by atoms with Crippen LogP contribution in [0.25, 0.3) is 21.5 Å². The third kappa shape index (κ3) is 4.03. The van der Waals surface area contributed by atoms with Gasteiger partial charge in [-0.3, -0.25) is 9.78 Å². The Bertz CT molecular complexity index is 1460. The van der Waals surface area contributed by atoms with Gasteiger partial charge in [0.1, 0.15) is 10.8 Å². The summed E-state index contributed by atoms with van der Waals surface area (Å²) >= 11 is 7.62. The van der Waals surface area contributed by atoms with Gasteiger partial charge >= 0.3 is 0 Å². The molecular formula is C26H20ClN3O2S. The quantitative estimate of drug-likeness (QED) is 0.286. The fraction of sp³-hybridized carbons (Fsp3) is 0.115. The number of ketones is 1. The van der Waals surface area contributed by atoms with E-state index in [1.807, 2.05) is 37.4 Å². The van der Waals surface area contributed by atoms with Gasteiger partial charge in [0.15, 0.2) is 5.78 Å². The summed E-state index contributed by atoms with van der Waals surface area (Å²) in [6.07, 6.45) is 4.16. The highest BCUT2D eigenvalue weighted by Gasteiger charge is 2.23. The molecule has 0 bridgehead atoms.